The van der Waals surface area contributed by atoms with Crippen LogP contribution in [0.2, 0.25) is 0 Å². The van der Waals surface area contributed by atoms with Crippen LogP contribution in [-0.4, -0.2) is 12.1 Å². The van der Waals surface area contributed by atoms with E-state index in [9.17, 15) is 5.26 Å². The highest BCUT2D eigenvalue weighted by Gasteiger charge is 2.20. The number of aryl methyl sites for hydroxylation is 1. The molecule has 84 valence electrons. The minimum atomic E-state index is 0.744. The van der Waals surface area contributed by atoms with Gasteiger partial charge in [0.25, 0.3) is 0 Å². The van der Waals surface area contributed by atoms with Crippen LogP contribution in [0.25, 0.3) is 10.9 Å². The summed E-state index contributed by atoms with van der Waals surface area (Å²) in [5, 5.41) is 10.3. The van der Waals surface area contributed by atoms with E-state index in [2.05, 4.69) is 11.1 Å². The molecule has 0 saturated carbocycles. The molecule has 0 amide bonds. The fraction of sp³-hybridized carbons (Fsp3) is 0.286. The molecule has 3 heteroatoms. The molecule has 1 heterocycles. The number of fused-ring (bicyclic) bond motifs is 2. The lowest BCUT2D eigenvalue weighted by Gasteiger charge is -2.09. The predicted octanol–water partition coefficient (Wildman–Crippen LogP) is 2.60. The molecule has 0 atom stereocenters. The summed E-state index contributed by atoms with van der Waals surface area (Å²) >= 11 is 0. The minimum absolute atomic E-state index is 0.744. The maximum absolute atomic E-state index is 9.34. The van der Waals surface area contributed by atoms with Crippen LogP contribution < -0.4 is 4.74 Å². The van der Waals surface area contributed by atoms with Gasteiger partial charge in [0.05, 0.1) is 12.7 Å². The standard InChI is InChI=1S/C14H12N2O/c1-17-13-7-3-5-10-11(8-15)9-4-2-6-12(9)16-14(10)13/h3,5,7H,2,4,6H2,1H3. The third-order valence-electron chi connectivity index (χ3n) is 3.34. The lowest BCUT2D eigenvalue weighted by molar-refractivity contribution is 0.419. The molecule has 0 bridgehead atoms. The van der Waals surface area contributed by atoms with E-state index in [1.54, 1.807) is 7.11 Å². The Kier molecular flexibility index (Phi) is 2.22. The van der Waals surface area contributed by atoms with E-state index in [1.165, 1.54) is 0 Å². The molecule has 0 N–H and O–H groups in total. The maximum atomic E-state index is 9.34. The molecule has 0 spiro atoms. The second-order valence-corrected chi connectivity index (χ2v) is 4.23. The summed E-state index contributed by atoms with van der Waals surface area (Å²) in [4.78, 5) is 4.66. The Balaban J connectivity index is 2.45. The van der Waals surface area contributed by atoms with Crippen molar-refractivity contribution in [3.63, 3.8) is 0 Å². The van der Waals surface area contributed by atoms with E-state index in [-0.39, 0.29) is 0 Å². The van der Waals surface area contributed by atoms with Gasteiger partial charge in [-0.05, 0) is 30.9 Å². The molecule has 0 aliphatic heterocycles. The zero-order chi connectivity index (χ0) is 11.8. The first-order valence-corrected chi connectivity index (χ1v) is 5.73. The van der Waals surface area contributed by atoms with Gasteiger partial charge in [-0.25, -0.2) is 4.98 Å². The summed E-state index contributed by atoms with van der Waals surface area (Å²) in [6.07, 6.45) is 3.03. The first kappa shape index (κ1) is 10.1. The molecule has 0 fully saturated rings. The molecular formula is C14H12N2O. The van der Waals surface area contributed by atoms with E-state index in [4.69, 9.17) is 4.74 Å². The van der Waals surface area contributed by atoms with Gasteiger partial charge < -0.3 is 4.74 Å². The molecule has 0 unspecified atom stereocenters. The van der Waals surface area contributed by atoms with Gasteiger partial charge in [-0.3, -0.25) is 0 Å². The highest BCUT2D eigenvalue weighted by molar-refractivity contribution is 5.90. The van der Waals surface area contributed by atoms with Gasteiger partial charge in [0, 0.05) is 11.1 Å². The number of hydrogen-bond donors (Lipinski definition) is 0. The summed E-state index contributed by atoms with van der Waals surface area (Å²) < 4.78 is 5.31. The highest BCUT2D eigenvalue weighted by atomic mass is 16.5. The van der Waals surface area contributed by atoms with Gasteiger partial charge in [-0.15, -0.1) is 0 Å². The van der Waals surface area contributed by atoms with Crippen LogP contribution in [-0.2, 0) is 12.8 Å². The molecule has 0 radical (unpaired) electrons. The second kappa shape index (κ2) is 3.74. The van der Waals surface area contributed by atoms with Gasteiger partial charge in [0.1, 0.15) is 17.3 Å². The summed E-state index contributed by atoms with van der Waals surface area (Å²) in [5.41, 5.74) is 3.79. The number of methoxy groups -OCH3 is 1. The number of pyridine rings is 1. The van der Waals surface area contributed by atoms with Crippen molar-refractivity contribution in [2.45, 2.75) is 19.3 Å². The fourth-order valence-electron chi connectivity index (χ4n) is 2.55. The van der Waals surface area contributed by atoms with Crippen LogP contribution in [0.1, 0.15) is 23.2 Å². The number of rotatable bonds is 1. The Bertz CT molecular complexity index is 641. The Morgan fingerprint density at radius 3 is 3.00 bits per heavy atom. The van der Waals surface area contributed by atoms with Crippen molar-refractivity contribution in [3.8, 4) is 11.8 Å². The van der Waals surface area contributed by atoms with Crippen molar-refractivity contribution >= 4 is 10.9 Å². The van der Waals surface area contributed by atoms with Crippen molar-refractivity contribution < 1.29 is 4.74 Å². The molecule has 0 saturated heterocycles. The average Bonchev–Trinajstić information content (AvgIpc) is 2.82. The first-order valence-electron chi connectivity index (χ1n) is 5.73. The molecule has 1 aliphatic rings. The minimum Gasteiger partial charge on any atom is -0.494 e. The molecule has 1 aromatic carbocycles. The topological polar surface area (TPSA) is 45.9 Å². The van der Waals surface area contributed by atoms with Crippen molar-refractivity contribution in [1.82, 2.24) is 4.98 Å². The van der Waals surface area contributed by atoms with Gasteiger partial charge in [0.15, 0.2) is 0 Å². The Hall–Kier alpha value is -2.08. The highest BCUT2D eigenvalue weighted by Crippen LogP contribution is 2.33. The van der Waals surface area contributed by atoms with E-state index in [0.29, 0.717) is 0 Å². The molecule has 17 heavy (non-hydrogen) atoms. The zero-order valence-corrected chi connectivity index (χ0v) is 9.66. The van der Waals surface area contributed by atoms with Crippen molar-refractivity contribution in [2.24, 2.45) is 0 Å². The predicted molar refractivity (Wildman–Crippen MR) is 65.0 cm³/mol. The van der Waals surface area contributed by atoms with Crippen LogP contribution in [0.5, 0.6) is 5.75 Å². The zero-order valence-electron chi connectivity index (χ0n) is 9.66. The van der Waals surface area contributed by atoms with E-state index in [0.717, 1.165) is 52.7 Å². The summed E-state index contributed by atoms with van der Waals surface area (Å²) in [7, 11) is 1.63. The van der Waals surface area contributed by atoms with Gasteiger partial charge >= 0.3 is 0 Å². The number of aromatic nitrogens is 1. The van der Waals surface area contributed by atoms with Crippen molar-refractivity contribution in [2.75, 3.05) is 7.11 Å². The third-order valence-corrected chi connectivity index (χ3v) is 3.34. The van der Waals surface area contributed by atoms with Crippen molar-refractivity contribution in [3.05, 3.63) is 35.0 Å². The molecule has 3 rings (SSSR count). The second-order valence-electron chi connectivity index (χ2n) is 4.23. The number of nitriles is 1. The number of ether oxygens (including phenoxy) is 1. The number of benzene rings is 1. The van der Waals surface area contributed by atoms with Gasteiger partial charge in [0.2, 0.25) is 0 Å². The quantitative estimate of drug-likeness (QED) is 0.748. The summed E-state index contributed by atoms with van der Waals surface area (Å²) in [6.45, 7) is 0. The monoisotopic (exact) mass is 224 g/mol. The lowest BCUT2D eigenvalue weighted by Crippen LogP contribution is -1.97. The summed E-state index contributed by atoms with van der Waals surface area (Å²) in [6, 6.07) is 8.07. The molecule has 2 aromatic rings. The number of para-hydroxylation sites is 1. The van der Waals surface area contributed by atoms with Crippen LogP contribution in [0.3, 0.4) is 0 Å². The van der Waals surface area contributed by atoms with E-state index < -0.39 is 0 Å². The van der Waals surface area contributed by atoms with Crippen molar-refractivity contribution in [1.29, 1.82) is 5.26 Å². The Morgan fingerprint density at radius 2 is 2.24 bits per heavy atom. The molecule has 1 aliphatic carbocycles. The smallest absolute Gasteiger partial charge is 0.145 e. The number of hydrogen-bond acceptors (Lipinski definition) is 3. The largest absolute Gasteiger partial charge is 0.494 e. The molecule has 1 aromatic heterocycles. The lowest BCUT2D eigenvalue weighted by atomic mass is 10.0. The number of nitrogens with zero attached hydrogens (tertiary/aromatic N) is 2. The van der Waals surface area contributed by atoms with Gasteiger partial charge in [-0.1, -0.05) is 12.1 Å². The SMILES string of the molecule is COc1cccc2c(C#N)c3c(nc12)CCC3. The van der Waals surface area contributed by atoms with Crippen LogP contribution in [0.4, 0.5) is 0 Å². The van der Waals surface area contributed by atoms with Gasteiger partial charge in [-0.2, -0.15) is 5.26 Å². The first-order chi connectivity index (χ1) is 8.35. The average molecular weight is 224 g/mol. The molecular weight excluding hydrogens is 212 g/mol. The van der Waals surface area contributed by atoms with Crippen LogP contribution in [0.15, 0.2) is 18.2 Å². The van der Waals surface area contributed by atoms with E-state index in [1.807, 2.05) is 18.2 Å². The van der Waals surface area contributed by atoms with E-state index >= 15 is 0 Å². The molecule has 3 nitrogen and oxygen atoms in total. The summed E-state index contributed by atoms with van der Waals surface area (Å²) in [5.74, 6) is 0.744. The van der Waals surface area contributed by atoms with Crippen LogP contribution >= 0.6 is 0 Å². The maximum Gasteiger partial charge on any atom is 0.145 e. The fourth-order valence-corrected chi connectivity index (χ4v) is 2.55. The Labute approximate surface area is 99.7 Å². The Morgan fingerprint density at radius 1 is 1.35 bits per heavy atom. The normalized spacial score (nSPS) is 13.4. The third kappa shape index (κ3) is 1.38. The van der Waals surface area contributed by atoms with Crippen LogP contribution in [0, 0.1) is 11.3 Å².